The monoisotopic (exact) mass is 440 g/mol. The number of benzene rings is 2. The molecule has 3 aromatic rings. The van der Waals surface area contributed by atoms with Crippen LogP contribution in [-0.4, -0.2) is 40.4 Å². The molecule has 5 nitrogen and oxygen atoms in total. The Labute approximate surface area is 196 Å². The van der Waals surface area contributed by atoms with Crippen LogP contribution in [0.3, 0.4) is 0 Å². The summed E-state index contributed by atoms with van der Waals surface area (Å²) in [7, 11) is 0. The van der Waals surface area contributed by atoms with E-state index in [0.29, 0.717) is 13.1 Å². The molecule has 0 saturated carbocycles. The minimum Gasteiger partial charge on any atom is -0.356 e. The molecule has 0 N–H and O–H groups in total. The second-order valence-electron chi connectivity index (χ2n) is 9.13. The van der Waals surface area contributed by atoms with Crippen molar-refractivity contribution in [3.05, 3.63) is 77.0 Å². The second kappa shape index (κ2) is 9.74. The second-order valence-corrected chi connectivity index (χ2v) is 9.13. The Bertz CT molecular complexity index is 1100. The largest absolute Gasteiger partial charge is 0.356 e. The molecular formula is C28H32N4O. The van der Waals surface area contributed by atoms with Crippen molar-refractivity contribution in [1.82, 2.24) is 14.9 Å². The topological polar surface area (TPSA) is 49.3 Å². The zero-order valence-electron chi connectivity index (χ0n) is 19.5. The summed E-state index contributed by atoms with van der Waals surface area (Å²) in [4.78, 5) is 27.6. The Morgan fingerprint density at radius 1 is 0.939 bits per heavy atom. The number of hydrogen-bond donors (Lipinski definition) is 0. The molecule has 5 rings (SSSR count). The molecule has 0 aliphatic carbocycles. The molecule has 0 bridgehead atoms. The summed E-state index contributed by atoms with van der Waals surface area (Å²) in [6, 6.07) is 18.4. The molecule has 170 valence electrons. The van der Waals surface area contributed by atoms with Gasteiger partial charge in [-0.05, 0) is 43.4 Å². The third-order valence-electron chi connectivity index (χ3n) is 6.78. The summed E-state index contributed by atoms with van der Waals surface area (Å²) >= 11 is 0. The van der Waals surface area contributed by atoms with Crippen molar-refractivity contribution >= 4 is 11.7 Å². The van der Waals surface area contributed by atoms with Gasteiger partial charge in [-0.1, -0.05) is 55.8 Å². The van der Waals surface area contributed by atoms with Gasteiger partial charge in [-0.25, -0.2) is 9.97 Å². The lowest BCUT2D eigenvalue weighted by atomic mass is 10.0. The summed E-state index contributed by atoms with van der Waals surface area (Å²) in [5.41, 5.74) is 5.32. The molecule has 1 saturated heterocycles. The van der Waals surface area contributed by atoms with Crippen LogP contribution in [0.5, 0.6) is 0 Å². The van der Waals surface area contributed by atoms with Gasteiger partial charge in [-0.3, -0.25) is 4.79 Å². The number of anilines is 1. The number of aryl methyl sites for hydroxylation is 1. The minimum atomic E-state index is 0.0993. The summed E-state index contributed by atoms with van der Waals surface area (Å²) in [5, 5.41) is 0. The summed E-state index contributed by atoms with van der Waals surface area (Å²) in [6.45, 7) is 5.51. The first kappa shape index (κ1) is 21.6. The molecule has 0 radical (unpaired) electrons. The molecule has 1 fully saturated rings. The van der Waals surface area contributed by atoms with Crippen LogP contribution in [0.2, 0.25) is 0 Å². The van der Waals surface area contributed by atoms with Crippen molar-refractivity contribution in [3.8, 4) is 11.4 Å². The fourth-order valence-corrected chi connectivity index (χ4v) is 4.85. The smallest absolute Gasteiger partial charge is 0.254 e. The van der Waals surface area contributed by atoms with Crippen molar-refractivity contribution in [2.75, 3.05) is 24.5 Å². The SMILES string of the molecule is CCCCc1ccc(C(=O)N2CCc3nc(-c4ccccc4)nc(N4CCCC4)c3C2)cc1. The standard InChI is InChI=1S/C28H32N4O/c1-2-3-9-21-12-14-23(15-13-21)28(33)32-19-16-25-24(20-32)27(31-17-7-8-18-31)30-26(29-25)22-10-5-4-6-11-22/h4-6,10-15H,2-3,7-9,16-20H2,1H3. The van der Waals surface area contributed by atoms with Gasteiger partial charge in [0.05, 0.1) is 12.2 Å². The highest BCUT2D eigenvalue weighted by molar-refractivity contribution is 5.94. The van der Waals surface area contributed by atoms with E-state index in [2.05, 4.69) is 36.1 Å². The van der Waals surface area contributed by atoms with Gasteiger partial charge in [0.15, 0.2) is 5.82 Å². The Morgan fingerprint density at radius 3 is 2.42 bits per heavy atom. The molecule has 3 heterocycles. The van der Waals surface area contributed by atoms with Crippen LogP contribution >= 0.6 is 0 Å². The van der Waals surface area contributed by atoms with Crippen LogP contribution in [-0.2, 0) is 19.4 Å². The normalized spacial score (nSPS) is 15.5. The number of unbranched alkanes of at least 4 members (excludes halogenated alkanes) is 1. The maximum Gasteiger partial charge on any atom is 0.254 e. The molecule has 0 atom stereocenters. The van der Waals surface area contributed by atoms with Gasteiger partial charge in [0, 0.05) is 42.7 Å². The van der Waals surface area contributed by atoms with Gasteiger partial charge < -0.3 is 9.80 Å². The number of carbonyl (C=O) groups excluding carboxylic acids is 1. The van der Waals surface area contributed by atoms with Gasteiger partial charge >= 0.3 is 0 Å². The molecule has 1 aromatic heterocycles. The van der Waals surface area contributed by atoms with Crippen LogP contribution in [0, 0.1) is 0 Å². The van der Waals surface area contributed by atoms with E-state index in [4.69, 9.17) is 9.97 Å². The van der Waals surface area contributed by atoms with Crippen LogP contribution in [0.15, 0.2) is 54.6 Å². The van der Waals surface area contributed by atoms with Crippen LogP contribution in [0.1, 0.15) is 59.8 Å². The minimum absolute atomic E-state index is 0.0993. The summed E-state index contributed by atoms with van der Waals surface area (Å²) in [6.07, 6.45) is 6.57. The van der Waals surface area contributed by atoms with Gasteiger partial charge in [0.1, 0.15) is 5.82 Å². The Balaban J connectivity index is 1.42. The van der Waals surface area contributed by atoms with Crippen LogP contribution in [0.25, 0.3) is 11.4 Å². The molecule has 33 heavy (non-hydrogen) atoms. The molecular weight excluding hydrogens is 408 g/mol. The molecule has 2 aromatic carbocycles. The summed E-state index contributed by atoms with van der Waals surface area (Å²) in [5.74, 6) is 1.91. The molecule has 2 aliphatic heterocycles. The number of fused-ring (bicyclic) bond motifs is 1. The van der Waals surface area contributed by atoms with Crippen LogP contribution < -0.4 is 4.90 Å². The van der Waals surface area contributed by atoms with E-state index in [9.17, 15) is 4.79 Å². The Morgan fingerprint density at radius 2 is 1.70 bits per heavy atom. The predicted octanol–water partition coefficient (Wildman–Crippen LogP) is 5.28. The average Bonchev–Trinajstić information content (AvgIpc) is 3.42. The number of carbonyl (C=O) groups is 1. The zero-order valence-corrected chi connectivity index (χ0v) is 19.5. The fraction of sp³-hybridized carbons (Fsp3) is 0.393. The molecule has 0 spiro atoms. The number of aromatic nitrogens is 2. The van der Waals surface area contributed by atoms with Crippen molar-refractivity contribution < 1.29 is 4.79 Å². The maximum absolute atomic E-state index is 13.3. The quantitative estimate of drug-likeness (QED) is 0.523. The first-order valence-electron chi connectivity index (χ1n) is 12.3. The Hall–Kier alpha value is -3.21. The van der Waals surface area contributed by atoms with E-state index in [1.807, 2.05) is 35.2 Å². The lowest BCUT2D eigenvalue weighted by Gasteiger charge is -2.32. The van der Waals surface area contributed by atoms with E-state index in [-0.39, 0.29) is 5.91 Å². The summed E-state index contributed by atoms with van der Waals surface area (Å²) < 4.78 is 0. The fourth-order valence-electron chi connectivity index (χ4n) is 4.85. The number of amides is 1. The molecule has 1 amide bonds. The van der Waals surface area contributed by atoms with E-state index >= 15 is 0 Å². The highest BCUT2D eigenvalue weighted by Crippen LogP contribution is 2.32. The third-order valence-corrected chi connectivity index (χ3v) is 6.78. The van der Waals surface area contributed by atoms with Gasteiger partial charge in [-0.2, -0.15) is 0 Å². The molecule has 2 aliphatic rings. The van der Waals surface area contributed by atoms with Gasteiger partial charge in [0.2, 0.25) is 0 Å². The molecule has 5 heteroatoms. The maximum atomic E-state index is 13.3. The number of nitrogens with zero attached hydrogens (tertiary/aromatic N) is 4. The average molecular weight is 441 g/mol. The number of rotatable bonds is 6. The van der Waals surface area contributed by atoms with Crippen molar-refractivity contribution in [2.24, 2.45) is 0 Å². The first-order valence-corrected chi connectivity index (χ1v) is 12.3. The lowest BCUT2D eigenvalue weighted by molar-refractivity contribution is 0.0733. The van der Waals surface area contributed by atoms with E-state index in [0.717, 1.165) is 60.0 Å². The zero-order chi connectivity index (χ0) is 22.6. The van der Waals surface area contributed by atoms with Gasteiger partial charge in [-0.15, -0.1) is 0 Å². The van der Waals surface area contributed by atoms with E-state index in [1.54, 1.807) is 0 Å². The first-order chi connectivity index (χ1) is 16.2. The van der Waals surface area contributed by atoms with Crippen molar-refractivity contribution in [2.45, 2.75) is 52.0 Å². The van der Waals surface area contributed by atoms with Crippen molar-refractivity contribution in [1.29, 1.82) is 0 Å². The highest BCUT2D eigenvalue weighted by atomic mass is 16.2. The van der Waals surface area contributed by atoms with E-state index in [1.165, 1.54) is 31.2 Å². The number of hydrogen-bond acceptors (Lipinski definition) is 4. The van der Waals surface area contributed by atoms with Crippen molar-refractivity contribution in [3.63, 3.8) is 0 Å². The molecule has 0 unspecified atom stereocenters. The predicted molar refractivity (Wildman–Crippen MR) is 132 cm³/mol. The van der Waals surface area contributed by atoms with Gasteiger partial charge in [0.25, 0.3) is 5.91 Å². The van der Waals surface area contributed by atoms with E-state index < -0.39 is 0 Å². The lowest BCUT2D eigenvalue weighted by Crippen LogP contribution is -2.38. The third kappa shape index (κ3) is 4.63. The Kier molecular flexibility index (Phi) is 6.38. The van der Waals surface area contributed by atoms with Crippen LogP contribution in [0.4, 0.5) is 5.82 Å². The highest BCUT2D eigenvalue weighted by Gasteiger charge is 2.29.